The molecule has 0 saturated carbocycles. The number of carbonyl (C=O) groups is 1. The summed E-state index contributed by atoms with van der Waals surface area (Å²) in [4.78, 5) is 10.8. The number of alkyl halides is 7. The zero-order valence-electron chi connectivity index (χ0n) is 10.5. The fraction of sp³-hybridized carbons (Fsp3) is 0.364. The Balaban J connectivity index is 2.94. The second-order valence-corrected chi connectivity index (χ2v) is 4.08. The van der Waals surface area contributed by atoms with Crippen LogP contribution in [0.2, 0.25) is 0 Å². The molecule has 2 nitrogen and oxygen atoms in total. The molecule has 0 bridgehead atoms. The number of ether oxygens (including phenoxy) is 1. The fourth-order valence-electron chi connectivity index (χ4n) is 1.21. The van der Waals surface area contributed by atoms with Crippen LogP contribution in [0.15, 0.2) is 12.1 Å². The highest BCUT2D eigenvalue weighted by molar-refractivity contribution is 5.79. The van der Waals surface area contributed by atoms with Crippen molar-refractivity contribution in [3.8, 4) is 0 Å². The van der Waals surface area contributed by atoms with Gasteiger partial charge in [0.15, 0.2) is 11.6 Å². The smallest absolute Gasteiger partial charge is 0.456 e. The molecule has 0 N–H and O–H groups in total. The van der Waals surface area contributed by atoms with Crippen LogP contribution in [0.4, 0.5) is 43.9 Å². The van der Waals surface area contributed by atoms with Crippen molar-refractivity contribution in [3.05, 3.63) is 35.1 Å². The van der Waals surface area contributed by atoms with Gasteiger partial charge in [0.2, 0.25) is 0 Å². The lowest BCUT2D eigenvalue weighted by atomic mass is 10.1. The molecule has 23 heavy (non-hydrogen) atoms. The molecule has 0 aliphatic heterocycles. The van der Waals surface area contributed by atoms with Gasteiger partial charge >= 0.3 is 24.0 Å². The predicted octanol–water partition coefficient (Wildman–Crippen LogP) is 3.98. The molecular weight excluding hydrogens is 354 g/mol. The van der Waals surface area contributed by atoms with Gasteiger partial charge < -0.3 is 4.74 Å². The molecule has 0 fully saturated rings. The molecule has 1 aromatic rings. The molecule has 12 heteroatoms. The molecule has 0 atom stereocenters. The van der Waals surface area contributed by atoms with Crippen molar-refractivity contribution in [1.29, 1.82) is 0 Å². The summed E-state index contributed by atoms with van der Waals surface area (Å²) in [7, 11) is 0. The minimum atomic E-state index is -6.76. The first-order valence-corrected chi connectivity index (χ1v) is 5.34. The summed E-state index contributed by atoms with van der Waals surface area (Å²) >= 11 is 0. The Morgan fingerprint density at radius 1 is 0.870 bits per heavy atom. The maximum Gasteiger partial charge on any atom is 0.460 e. The van der Waals surface area contributed by atoms with Crippen LogP contribution >= 0.6 is 0 Å². The Hall–Kier alpha value is -2.01. The number of halogens is 10. The van der Waals surface area contributed by atoms with Gasteiger partial charge in [-0.1, -0.05) is 0 Å². The second kappa shape index (κ2) is 5.89. The second-order valence-electron chi connectivity index (χ2n) is 4.08. The molecule has 0 radical (unpaired) electrons. The molecule has 0 spiro atoms. The van der Waals surface area contributed by atoms with E-state index in [1.807, 2.05) is 0 Å². The van der Waals surface area contributed by atoms with Crippen molar-refractivity contribution >= 4 is 5.97 Å². The number of hydrogen-bond donors (Lipinski definition) is 0. The fourth-order valence-corrected chi connectivity index (χ4v) is 1.21. The molecule has 0 unspecified atom stereocenters. The summed E-state index contributed by atoms with van der Waals surface area (Å²) < 4.78 is 128. The molecule has 130 valence electrons. The summed E-state index contributed by atoms with van der Waals surface area (Å²) in [5, 5.41) is 0. The summed E-state index contributed by atoms with van der Waals surface area (Å²) in [6, 6.07) is -0.0149. The Kier molecular flexibility index (Phi) is 4.87. The van der Waals surface area contributed by atoms with E-state index < -0.39 is 53.6 Å². The van der Waals surface area contributed by atoms with Crippen LogP contribution < -0.4 is 0 Å². The highest BCUT2D eigenvalue weighted by Gasteiger charge is 2.77. The molecule has 0 heterocycles. The molecule has 1 rings (SSSR count). The van der Waals surface area contributed by atoms with Gasteiger partial charge in [-0.2, -0.15) is 30.7 Å². The molecule has 0 aliphatic rings. The SMILES string of the molecule is O=C(OCc1cc(F)c(F)cc1F)C(F)(F)C(F)(F)C(F)(F)F. The average Bonchev–Trinajstić information content (AvgIpc) is 2.39. The monoisotopic (exact) mass is 358 g/mol. The summed E-state index contributed by atoms with van der Waals surface area (Å²) in [6.07, 6.45) is -6.76. The normalized spacial score (nSPS) is 13.1. The first-order valence-electron chi connectivity index (χ1n) is 5.34. The van der Waals surface area contributed by atoms with Gasteiger partial charge in [-0.25, -0.2) is 18.0 Å². The van der Waals surface area contributed by atoms with Gasteiger partial charge in [0, 0.05) is 11.6 Å². The molecule has 0 amide bonds. The number of rotatable bonds is 4. The van der Waals surface area contributed by atoms with E-state index >= 15 is 0 Å². The Morgan fingerprint density at radius 3 is 1.83 bits per heavy atom. The van der Waals surface area contributed by atoms with Gasteiger partial charge in [-0.15, -0.1) is 0 Å². The third-order valence-electron chi connectivity index (χ3n) is 2.45. The minimum Gasteiger partial charge on any atom is -0.456 e. The zero-order chi connectivity index (χ0) is 18.2. The van der Waals surface area contributed by atoms with Crippen molar-refractivity contribution in [1.82, 2.24) is 0 Å². The maximum atomic E-state index is 13.1. The van der Waals surface area contributed by atoms with Gasteiger partial charge in [0.25, 0.3) is 0 Å². The lowest BCUT2D eigenvalue weighted by Gasteiger charge is -2.26. The van der Waals surface area contributed by atoms with Crippen molar-refractivity contribution in [3.63, 3.8) is 0 Å². The van der Waals surface area contributed by atoms with Gasteiger partial charge in [-0.05, 0) is 6.07 Å². The van der Waals surface area contributed by atoms with Crippen LogP contribution in [0, 0.1) is 17.5 Å². The molecular formula is C11H4F10O2. The van der Waals surface area contributed by atoms with E-state index in [2.05, 4.69) is 4.74 Å². The van der Waals surface area contributed by atoms with E-state index in [1.165, 1.54) is 0 Å². The van der Waals surface area contributed by atoms with Crippen LogP contribution in [0.1, 0.15) is 5.56 Å². The highest BCUT2D eigenvalue weighted by Crippen LogP contribution is 2.47. The van der Waals surface area contributed by atoms with Crippen LogP contribution in [0.3, 0.4) is 0 Å². The quantitative estimate of drug-likeness (QED) is 0.462. The lowest BCUT2D eigenvalue weighted by molar-refractivity contribution is -0.348. The number of esters is 1. The van der Waals surface area contributed by atoms with Crippen molar-refractivity contribution < 1.29 is 53.4 Å². The van der Waals surface area contributed by atoms with Crippen molar-refractivity contribution in [2.24, 2.45) is 0 Å². The van der Waals surface area contributed by atoms with Crippen molar-refractivity contribution in [2.45, 2.75) is 24.6 Å². The van der Waals surface area contributed by atoms with Crippen LogP contribution in [0.25, 0.3) is 0 Å². The van der Waals surface area contributed by atoms with E-state index in [1.54, 1.807) is 0 Å². The topological polar surface area (TPSA) is 26.3 Å². The first-order chi connectivity index (χ1) is 10.2. The highest BCUT2D eigenvalue weighted by atomic mass is 19.4. The van der Waals surface area contributed by atoms with E-state index in [-0.39, 0.29) is 12.1 Å². The Morgan fingerprint density at radius 2 is 1.35 bits per heavy atom. The van der Waals surface area contributed by atoms with Gasteiger partial charge in [0.1, 0.15) is 12.4 Å². The van der Waals surface area contributed by atoms with Gasteiger partial charge in [-0.3, -0.25) is 0 Å². The van der Waals surface area contributed by atoms with E-state index in [0.29, 0.717) is 0 Å². The van der Waals surface area contributed by atoms with Crippen LogP contribution in [-0.4, -0.2) is 24.0 Å². The molecule has 1 aromatic carbocycles. The van der Waals surface area contributed by atoms with E-state index in [4.69, 9.17) is 0 Å². The van der Waals surface area contributed by atoms with Crippen molar-refractivity contribution in [2.75, 3.05) is 0 Å². The molecule has 0 aliphatic carbocycles. The summed E-state index contributed by atoms with van der Waals surface area (Å²) in [6.45, 7) is -1.62. The van der Waals surface area contributed by atoms with E-state index in [0.717, 1.165) is 0 Å². The average molecular weight is 358 g/mol. The first kappa shape index (κ1) is 19.0. The third-order valence-corrected chi connectivity index (χ3v) is 2.45. The maximum absolute atomic E-state index is 13.1. The predicted molar refractivity (Wildman–Crippen MR) is 52.1 cm³/mol. The Bertz CT molecular complexity index is 608. The number of benzene rings is 1. The third kappa shape index (κ3) is 3.50. The number of hydrogen-bond acceptors (Lipinski definition) is 2. The summed E-state index contributed by atoms with van der Waals surface area (Å²) in [5.74, 6) is -21.3. The van der Waals surface area contributed by atoms with Crippen LogP contribution in [0.5, 0.6) is 0 Å². The van der Waals surface area contributed by atoms with Gasteiger partial charge in [0.05, 0.1) is 0 Å². The molecule has 0 saturated heterocycles. The Labute approximate surface area is 120 Å². The van der Waals surface area contributed by atoms with E-state index in [9.17, 15) is 48.7 Å². The standard InChI is InChI=1S/C11H4F10O2/c12-5-2-7(14)6(13)1-4(5)3-23-8(22)9(15,16)10(17,18)11(19,20)21/h1-2H,3H2. The zero-order valence-corrected chi connectivity index (χ0v) is 10.5. The number of carbonyl (C=O) groups excluding carboxylic acids is 1. The van der Waals surface area contributed by atoms with Crippen LogP contribution in [-0.2, 0) is 16.1 Å². The molecule has 0 aromatic heterocycles. The minimum absolute atomic E-state index is 0.0536. The summed E-state index contributed by atoms with van der Waals surface area (Å²) in [5.41, 5.74) is -1.05. The largest absolute Gasteiger partial charge is 0.460 e. The lowest BCUT2D eigenvalue weighted by Crippen LogP contribution is -2.56.